The number of aryl methyl sites for hydroxylation is 1. The molecule has 2 N–H and O–H groups in total. The molecule has 5 nitrogen and oxygen atoms in total. The van der Waals surface area contributed by atoms with Crippen LogP contribution < -0.4 is 5.48 Å². The third-order valence-corrected chi connectivity index (χ3v) is 2.27. The Morgan fingerprint density at radius 3 is 2.69 bits per heavy atom. The number of para-hydroxylation sites is 1. The first-order chi connectivity index (χ1) is 7.74. The maximum Gasteiger partial charge on any atom is 0.293 e. The van der Waals surface area contributed by atoms with E-state index in [4.69, 9.17) is 5.21 Å². The van der Waals surface area contributed by atoms with Gasteiger partial charge < -0.3 is 0 Å². The van der Waals surface area contributed by atoms with Crippen molar-refractivity contribution in [3.63, 3.8) is 0 Å². The summed E-state index contributed by atoms with van der Waals surface area (Å²) in [5, 5.41) is 12.8. The standard InChI is InChI=1S/C11H11N3O2/c1-8-7-12-14(10(8)11(15)13-16)9-5-3-2-4-6-9/h2-7,16H,1H3,(H,13,15). The summed E-state index contributed by atoms with van der Waals surface area (Å²) < 4.78 is 1.49. The van der Waals surface area contributed by atoms with E-state index >= 15 is 0 Å². The zero-order valence-corrected chi connectivity index (χ0v) is 8.71. The fraction of sp³-hybridized carbons (Fsp3) is 0.0909. The van der Waals surface area contributed by atoms with Gasteiger partial charge in [0.05, 0.1) is 11.9 Å². The summed E-state index contributed by atoms with van der Waals surface area (Å²) in [4.78, 5) is 11.5. The van der Waals surface area contributed by atoms with Crippen LogP contribution in [0.4, 0.5) is 0 Å². The molecule has 2 rings (SSSR count). The summed E-state index contributed by atoms with van der Waals surface area (Å²) in [7, 11) is 0. The number of rotatable bonds is 2. The van der Waals surface area contributed by atoms with Gasteiger partial charge in [0.1, 0.15) is 5.69 Å². The number of hydrogen-bond acceptors (Lipinski definition) is 3. The van der Waals surface area contributed by atoms with Crippen LogP contribution >= 0.6 is 0 Å². The lowest BCUT2D eigenvalue weighted by Gasteiger charge is -2.06. The molecule has 0 atom stereocenters. The van der Waals surface area contributed by atoms with Gasteiger partial charge in [-0.05, 0) is 19.1 Å². The van der Waals surface area contributed by atoms with Crippen molar-refractivity contribution in [2.75, 3.05) is 0 Å². The van der Waals surface area contributed by atoms with Gasteiger partial charge in [-0.15, -0.1) is 0 Å². The van der Waals surface area contributed by atoms with Crippen molar-refractivity contribution in [1.82, 2.24) is 15.3 Å². The summed E-state index contributed by atoms with van der Waals surface area (Å²) in [6.07, 6.45) is 1.58. The summed E-state index contributed by atoms with van der Waals surface area (Å²) in [6.45, 7) is 1.76. The number of aromatic nitrogens is 2. The fourth-order valence-corrected chi connectivity index (χ4v) is 1.52. The molecule has 1 aromatic heterocycles. The molecule has 0 aliphatic rings. The van der Waals surface area contributed by atoms with E-state index in [-0.39, 0.29) is 0 Å². The number of hydroxylamine groups is 1. The number of benzene rings is 1. The summed E-state index contributed by atoms with van der Waals surface area (Å²) >= 11 is 0. The maximum atomic E-state index is 11.5. The van der Waals surface area contributed by atoms with Crippen LogP contribution in [0.5, 0.6) is 0 Å². The van der Waals surface area contributed by atoms with E-state index in [0.29, 0.717) is 11.3 Å². The summed E-state index contributed by atoms with van der Waals surface area (Å²) in [5.41, 5.74) is 3.42. The van der Waals surface area contributed by atoms with Crippen molar-refractivity contribution in [3.8, 4) is 5.69 Å². The van der Waals surface area contributed by atoms with Crippen LogP contribution in [0.25, 0.3) is 5.69 Å². The number of amides is 1. The Kier molecular flexibility index (Phi) is 2.70. The Bertz CT molecular complexity index is 505. The molecule has 0 fully saturated rings. The summed E-state index contributed by atoms with van der Waals surface area (Å²) in [6, 6.07) is 9.26. The zero-order chi connectivity index (χ0) is 11.5. The van der Waals surface area contributed by atoms with E-state index in [1.54, 1.807) is 18.6 Å². The minimum Gasteiger partial charge on any atom is -0.288 e. The van der Waals surface area contributed by atoms with Crippen molar-refractivity contribution in [2.24, 2.45) is 0 Å². The number of carbonyl (C=O) groups is 1. The average Bonchev–Trinajstić information content (AvgIpc) is 2.71. The predicted molar refractivity (Wildman–Crippen MR) is 57.6 cm³/mol. The van der Waals surface area contributed by atoms with Gasteiger partial charge >= 0.3 is 0 Å². The highest BCUT2D eigenvalue weighted by Gasteiger charge is 2.16. The van der Waals surface area contributed by atoms with E-state index in [1.807, 2.05) is 30.3 Å². The van der Waals surface area contributed by atoms with Crippen LogP contribution in [-0.2, 0) is 0 Å². The molecule has 1 amide bonds. The van der Waals surface area contributed by atoms with Crippen LogP contribution in [0, 0.1) is 6.92 Å². The first kappa shape index (κ1) is 10.4. The quantitative estimate of drug-likeness (QED) is 0.588. The molecule has 82 valence electrons. The lowest BCUT2D eigenvalue weighted by Crippen LogP contribution is -2.23. The molecule has 1 aromatic carbocycles. The van der Waals surface area contributed by atoms with Crippen LogP contribution in [0.15, 0.2) is 36.5 Å². The molecule has 5 heteroatoms. The van der Waals surface area contributed by atoms with Crippen LogP contribution in [-0.4, -0.2) is 20.9 Å². The average molecular weight is 217 g/mol. The fourth-order valence-electron chi connectivity index (χ4n) is 1.52. The highest BCUT2D eigenvalue weighted by atomic mass is 16.5. The number of nitrogens with one attached hydrogen (secondary N) is 1. The molecule has 1 heterocycles. The van der Waals surface area contributed by atoms with Crippen molar-refractivity contribution in [3.05, 3.63) is 47.8 Å². The molecule has 0 aliphatic heterocycles. The second-order valence-corrected chi connectivity index (χ2v) is 3.36. The second kappa shape index (κ2) is 4.16. The largest absolute Gasteiger partial charge is 0.293 e. The first-order valence-electron chi connectivity index (χ1n) is 4.78. The Morgan fingerprint density at radius 2 is 2.06 bits per heavy atom. The molecule has 0 saturated heterocycles. The number of nitrogens with zero attached hydrogens (tertiary/aromatic N) is 2. The number of hydrogen-bond donors (Lipinski definition) is 2. The molecule has 2 aromatic rings. The van der Waals surface area contributed by atoms with Crippen LogP contribution in [0.2, 0.25) is 0 Å². The molecule has 0 spiro atoms. The highest BCUT2D eigenvalue weighted by Crippen LogP contribution is 2.13. The van der Waals surface area contributed by atoms with Crippen molar-refractivity contribution < 1.29 is 10.0 Å². The topological polar surface area (TPSA) is 67.2 Å². The molecule has 0 radical (unpaired) electrons. The van der Waals surface area contributed by atoms with E-state index < -0.39 is 5.91 Å². The van der Waals surface area contributed by atoms with Gasteiger partial charge in [0.25, 0.3) is 5.91 Å². The Labute approximate surface area is 92.3 Å². The van der Waals surface area contributed by atoms with Gasteiger partial charge in [-0.25, -0.2) is 10.2 Å². The van der Waals surface area contributed by atoms with Crippen molar-refractivity contribution in [1.29, 1.82) is 0 Å². The third kappa shape index (κ3) is 1.68. The van der Waals surface area contributed by atoms with Gasteiger partial charge in [0.2, 0.25) is 0 Å². The molecule has 0 unspecified atom stereocenters. The minimum atomic E-state index is -0.571. The second-order valence-electron chi connectivity index (χ2n) is 3.36. The maximum absolute atomic E-state index is 11.5. The molecule has 0 bridgehead atoms. The SMILES string of the molecule is Cc1cnn(-c2ccccc2)c1C(=O)NO. The Morgan fingerprint density at radius 1 is 1.38 bits per heavy atom. The van der Waals surface area contributed by atoms with Gasteiger partial charge in [-0.3, -0.25) is 10.0 Å². The zero-order valence-electron chi connectivity index (χ0n) is 8.71. The molecule has 0 aliphatic carbocycles. The monoisotopic (exact) mass is 217 g/mol. The van der Waals surface area contributed by atoms with E-state index in [0.717, 1.165) is 5.69 Å². The summed E-state index contributed by atoms with van der Waals surface area (Å²) in [5.74, 6) is -0.571. The molecule has 0 saturated carbocycles. The van der Waals surface area contributed by atoms with Gasteiger partial charge in [0, 0.05) is 5.56 Å². The number of carbonyl (C=O) groups excluding carboxylic acids is 1. The minimum absolute atomic E-state index is 0.328. The van der Waals surface area contributed by atoms with Crippen molar-refractivity contribution in [2.45, 2.75) is 6.92 Å². The van der Waals surface area contributed by atoms with Crippen LogP contribution in [0.3, 0.4) is 0 Å². The van der Waals surface area contributed by atoms with E-state index in [1.165, 1.54) is 4.68 Å². The third-order valence-electron chi connectivity index (χ3n) is 2.27. The van der Waals surface area contributed by atoms with Gasteiger partial charge in [0.15, 0.2) is 0 Å². The lowest BCUT2D eigenvalue weighted by atomic mass is 10.2. The van der Waals surface area contributed by atoms with Gasteiger partial charge in [-0.2, -0.15) is 5.10 Å². The molecular weight excluding hydrogens is 206 g/mol. The predicted octanol–water partition coefficient (Wildman–Crippen LogP) is 1.30. The highest BCUT2D eigenvalue weighted by molar-refractivity contribution is 5.93. The van der Waals surface area contributed by atoms with Crippen LogP contribution in [0.1, 0.15) is 16.1 Å². The first-order valence-corrected chi connectivity index (χ1v) is 4.78. The van der Waals surface area contributed by atoms with E-state index in [2.05, 4.69) is 5.10 Å². The van der Waals surface area contributed by atoms with Gasteiger partial charge in [-0.1, -0.05) is 18.2 Å². The smallest absolute Gasteiger partial charge is 0.288 e. The Balaban J connectivity index is 2.55. The van der Waals surface area contributed by atoms with Crippen molar-refractivity contribution >= 4 is 5.91 Å². The lowest BCUT2D eigenvalue weighted by molar-refractivity contribution is 0.0697. The Hall–Kier alpha value is -2.14. The molecular formula is C11H11N3O2. The molecule has 16 heavy (non-hydrogen) atoms. The van der Waals surface area contributed by atoms with E-state index in [9.17, 15) is 4.79 Å². The normalized spacial score (nSPS) is 10.1.